The second-order valence-electron chi connectivity index (χ2n) is 4.68. The van der Waals surface area contributed by atoms with Crippen LogP contribution in [0.25, 0.3) is 0 Å². The molecule has 0 amide bonds. The van der Waals surface area contributed by atoms with Gasteiger partial charge in [0.2, 0.25) is 0 Å². The lowest BCUT2D eigenvalue weighted by Crippen LogP contribution is -2.08. The fraction of sp³-hybridized carbons (Fsp3) is 0.125. The maximum atomic E-state index is 11.8. The van der Waals surface area contributed by atoms with E-state index in [1.165, 1.54) is 26.2 Å². The summed E-state index contributed by atoms with van der Waals surface area (Å²) in [4.78, 5) is 22.8. The number of esters is 2. The van der Waals surface area contributed by atoms with Gasteiger partial charge in [0.25, 0.3) is 0 Å². The van der Waals surface area contributed by atoms with E-state index in [4.69, 9.17) is 13.2 Å². The van der Waals surface area contributed by atoms with Crippen LogP contribution in [0.3, 0.4) is 0 Å². The smallest absolute Gasteiger partial charge is 0.341 e. The fourth-order valence-corrected chi connectivity index (χ4v) is 1.70. The Labute approximate surface area is 164 Å². The first-order valence-corrected chi connectivity index (χ1v) is 10.3. The van der Waals surface area contributed by atoms with Gasteiger partial charge < -0.3 is 9.47 Å². The van der Waals surface area contributed by atoms with E-state index in [2.05, 4.69) is 36.3 Å². The summed E-state index contributed by atoms with van der Waals surface area (Å²) >= 11 is 0. The Balaban J connectivity index is 0.000000646. The predicted octanol–water partition coefficient (Wildman–Crippen LogP) is 4.52. The van der Waals surface area contributed by atoms with E-state index in [9.17, 15) is 9.59 Å². The van der Waals surface area contributed by atoms with Crippen LogP contribution in [0.15, 0.2) is 58.8 Å². The van der Waals surface area contributed by atoms with Gasteiger partial charge in [-0.05, 0) is 30.3 Å². The molecule has 0 bridgehead atoms. The number of halogens is 2. The lowest BCUT2D eigenvalue weighted by atomic mass is 10.2. The zero-order valence-corrected chi connectivity index (χ0v) is 16.5. The summed E-state index contributed by atoms with van der Waals surface area (Å²) in [5, 5.41) is 8.11. The molecule has 0 spiro atoms. The first kappa shape index (κ1) is 22.6. The van der Waals surface area contributed by atoms with E-state index in [1.807, 2.05) is 18.2 Å². The van der Waals surface area contributed by atoms with Crippen molar-refractivity contribution < 1.29 is 27.5 Å². The number of carbonyl (C=O) groups is 2. The van der Waals surface area contributed by atoms with Gasteiger partial charge in [-0.25, -0.2) is 4.79 Å². The third kappa shape index (κ3) is 9.69. The summed E-state index contributed by atoms with van der Waals surface area (Å²) in [6, 6.07) is 13.7. The average Bonchev–Trinajstić information content (AvgIpc) is 2.59. The maximum Gasteiger partial charge on any atom is 0.341 e. The standard InChI is InChI=1S/C16H14N2O4.Cl2O2S/c1-11(19)22-15-9-8-13(10-14(15)16(20)21-2)18-17-12-6-4-3-5-7-12;1-5(2,3)4/h3-10H,1-2H3;. The highest BCUT2D eigenvalue weighted by atomic mass is 36.0. The Hall–Kier alpha value is -2.49. The molecule has 0 atom stereocenters. The molecule has 0 aromatic heterocycles. The minimum atomic E-state index is -3.72. The van der Waals surface area contributed by atoms with E-state index < -0.39 is 20.2 Å². The number of carbonyl (C=O) groups excluding carboxylic acids is 2. The Morgan fingerprint density at radius 2 is 1.52 bits per heavy atom. The maximum absolute atomic E-state index is 11.8. The van der Waals surface area contributed by atoms with E-state index >= 15 is 0 Å². The quantitative estimate of drug-likeness (QED) is 0.303. The van der Waals surface area contributed by atoms with Crippen LogP contribution in [0.4, 0.5) is 11.4 Å². The second-order valence-corrected chi connectivity index (χ2v) is 8.35. The second kappa shape index (κ2) is 10.6. The molecule has 0 aliphatic rings. The predicted molar refractivity (Wildman–Crippen MR) is 100 cm³/mol. The molecule has 2 aromatic rings. The first-order valence-electron chi connectivity index (χ1n) is 7.12. The van der Waals surface area contributed by atoms with Crippen molar-refractivity contribution in [3.63, 3.8) is 0 Å². The fourth-order valence-electron chi connectivity index (χ4n) is 1.70. The number of nitrogens with zero attached hydrogens (tertiary/aromatic N) is 2. The van der Waals surface area contributed by atoms with E-state index in [0.29, 0.717) is 11.4 Å². The number of ether oxygens (including phenoxy) is 2. The van der Waals surface area contributed by atoms with Crippen molar-refractivity contribution in [2.45, 2.75) is 6.92 Å². The molecule has 144 valence electrons. The van der Waals surface area contributed by atoms with Crippen LogP contribution >= 0.6 is 21.4 Å². The minimum Gasteiger partial charge on any atom is -0.465 e. The van der Waals surface area contributed by atoms with Gasteiger partial charge in [-0.2, -0.15) is 18.6 Å². The summed E-state index contributed by atoms with van der Waals surface area (Å²) in [6.45, 7) is 1.25. The van der Waals surface area contributed by atoms with Crippen molar-refractivity contribution in [1.29, 1.82) is 0 Å². The molecular weight excluding hydrogens is 419 g/mol. The van der Waals surface area contributed by atoms with Crippen molar-refractivity contribution in [2.24, 2.45) is 10.2 Å². The van der Waals surface area contributed by atoms with Crippen LogP contribution in [-0.4, -0.2) is 27.5 Å². The SMILES string of the molecule is COC(=O)c1cc(N=Nc2ccccc2)ccc1OC(C)=O.O=S(=O)(Cl)Cl. The van der Waals surface area contributed by atoms with Gasteiger partial charge in [0.1, 0.15) is 11.3 Å². The molecule has 0 aliphatic heterocycles. The molecule has 0 N–H and O–H groups in total. The molecule has 0 saturated carbocycles. The van der Waals surface area contributed by atoms with Gasteiger partial charge in [0.15, 0.2) is 0 Å². The number of azo groups is 1. The van der Waals surface area contributed by atoms with Gasteiger partial charge in [-0.1, -0.05) is 18.2 Å². The molecule has 0 unspecified atom stereocenters. The first-order chi connectivity index (χ1) is 12.6. The topological polar surface area (TPSA) is 111 Å². The lowest BCUT2D eigenvalue weighted by Gasteiger charge is -2.07. The van der Waals surface area contributed by atoms with Crippen LogP contribution < -0.4 is 4.74 Å². The molecule has 11 heteroatoms. The van der Waals surface area contributed by atoms with E-state index in [0.717, 1.165) is 0 Å². The molecule has 8 nitrogen and oxygen atoms in total. The zero-order valence-electron chi connectivity index (χ0n) is 14.1. The lowest BCUT2D eigenvalue weighted by molar-refractivity contribution is -0.131. The molecule has 0 aliphatic carbocycles. The van der Waals surface area contributed by atoms with Gasteiger partial charge in [0.05, 0.1) is 18.5 Å². The van der Waals surface area contributed by atoms with Crippen LogP contribution in [0.2, 0.25) is 0 Å². The van der Waals surface area contributed by atoms with Crippen molar-refractivity contribution in [2.75, 3.05) is 7.11 Å². The van der Waals surface area contributed by atoms with Crippen LogP contribution in [0.1, 0.15) is 17.3 Å². The average molecular weight is 433 g/mol. The summed E-state index contributed by atoms with van der Waals surface area (Å²) in [7, 11) is 6.06. The zero-order chi connectivity index (χ0) is 20.4. The third-order valence-electron chi connectivity index (χ3n) is 2.66. The number of hydrogen-bond acceptors (Lipinski definition) is 8. The van der Waals surface area contributed by atoms with Gasteiger partial charge >= 0.3 is 20.2 Å². The van der Waals surface area contributed by atoms with E-state index in [1.54, 1.807) is 18.2 Å². The number of methoxy groups -OCH3 is 1. The molecule has 0 saturated heterocycles. The summed E-state index contributed by atoms with van der Waals surface area (Å²) in [5.41, 5.74) is 1.24. The molecule has 0 fully saturated rings. The largest absolute Gasteiger partial charge is 0.465 e. The minimum absolute atomic E-state index is 0.113. The van der Waals surface area contributed by atoms with Gasteiger partial charge in [0, 0.05) is 28.3 Å². The Morgan fingerprint density at radius 1 is 0.963 bits per heavy atom. The number of hydrogen-bond donors (Lipinski definition) is 0. The van der Waals surface area contributed by atoms with Crippen molar-refractivity contribution >= 4 is 52.9 Å². The normalized spacial score (nSPS) is 10.7. The van der Waals surface area contributed by atoms with Gasteiger partial charge in [-0.15, -0.1) is 0 Å². The molecule has 2 rings (SSSR count). The Morgan fingerprint density at radius 3 is 2.04 bits per heavy atom. The van der Waals surface area contributed by atoms with Crippen LogP contribution in [0, 0.1) is 0 Å². The number of rotatable bonds is 4. The van der Waals surface area contributed by atoms with Crippen molar-refractivity contribution in [1.82, 2.24) is 0 Å². The molecular formula is C16H14Cl2N2O6S. The summed E-state index contributed by atoms with van der Waals surface area (Å²) in [6.07, 6.45) is 0. The highest BCUT2D eigenvalue weighted by Crippen LogP contribution is 2.27. The Kier molecular flexibility index (Phi) is 8.86. The summed E-state index contributed by atoms with van der Waals surface area (Å²) in [5.74, 6) is -1.02. The molecule has 0 radical (unpaired) electrons. The highest BCUT2D eigenvalue weighted by Gasteiger charge is 2.15. The Bertz CT molecular complexity index is 925. The summed E-state index contributed by atoms with van der Waals surface area (Å²) < 4.78 is 28.0. The molecule has 2 aromatic carbocycles. The van der Waals surface area contributed by atoms with Crippen molar-refractivity contribution in [3.8, 4) is 5.75 Å². The molecule has 0 heterocycles. The third-order valence-corrected chi connectivity index (χ3v) is 2.66. The molecule has 27 heavy (non-hydrogen) atoms. The highest BCUT2D eigenvalue weighted by molar-refractivity contribution is 8.31. The monoisotopic (exact) mass is 432 g/mol. The van der Waals surface area contributed by atoms with Crippen molar-refractivity contribution in [3.05, 3.63) is 54.1 Å². The van der Waals surface area contributed by atoms with Gasteiger partial charge in [-0.3, -0.25) is 4.79 Å². The van der Waals surface area contributed by atoms with Crippen LogP contribution in [0.5, 0.6) is 5.75 Å². The number of benzene rings is 2. The van der Waals surface area contributed by atoms with Crippen LogP contribution in [-0.2, 0) is 17.8 Å². The van der Waals surface area contributed by atoms with E-state index in [-0.39, 0.29) is 11.3 Å².